The van der Waals surface area contributed by atoms with Crippen LogP contribution in [0.1, 0.15) is 44.6 Å². The zero-order chi connectivity index (χ0) is 11.4. The molecular weight excluding hydrogens is 198 g/mol. The maximum atomic E-state index is 9.35. The van der Waals surface area contributed by atoms with Gasteiger partial charge in [0.25, 0.3) is 0 Å². The van der Waals surface area contributed by atoms with Gasteiger partial charge in [-0.1, -0.05) is 31.9 Å². The van der Waals surface area contributed by atoms with E-state index in [-0.39, 0.29) is 5.54 Å². The highest BCUT2D eigenvalue weighted by molar-refractivity contribution is 5.31. The molecule has 0 spiro atoms. The van der Waals surface area contributed by atoms with Gasteiger partial charge >= 0.3 is 0 Å². The summed E-state index contributed by atoms with van der Waals surface area (Å²) in [6.07, 6.45) is 6.21. The van der Waals surface area contributed by atoms with Crippen molar-refractivity contribution in [1.29, 1.82) is 0 Å². The fourth-order valence-electron chi connectivity index (χ4n) is 2.68. The molecule has 16 heavy (non-hydrogen) atoms. The Morgan fingerprint density at radius 2 is 1.94 bits per heavy atom. The summed E-state index contributed by atoms with van der Waals surface area (Å²) >= 11 is 0. The highest BCUT2D eigenvalue weighted by atomic mass is 16.3. The third-order valence-corrected chi connectivity index (χ3v) is 3.77. The monoisotopic (exact) mass is 219 g/mol. The van der Waals surface area contributed by atoms with Gasteiger partial charge < -0.3 is 10.4 Å². The molecule has 1 unspecified atom stereocenters. The van der Waals surface area contributed by atoms with Crippen molar-refractivity contribution in [3.05, 3.63) is 29.8 Å². The largest absolute Gasteiger partial charge is 0.508 e. The predicted octanol–water partition coefficient (Wildman–Crippen LogP) is 3.16. The number of rotatable bonds is 2. The zero-order valence-corrected chi connectivity index (χ0v) is 10.00. The van der Waals surface area contributed by atoms with E-state index in [0.717, 1.165) is 13.0 Å². The van der Waals surface area contributed by atoms with Crippen LogP contribution in [0.3, 0.4) is 0 Å². The summed E-state index contributed by atoms with van der Waals surface area (Å²) in [4.78, 5) is 0. The van der Waals surface area contributed by atoms with Gasteiger partial charge in [-0.3, -0.25) is 0 Å². The molecule has 1 aliphatic heterocycles. The first-order chi connectivity index (χ1) is 7.77. The van der Waals surface area contributed by atoms with Crippen LogP contribution in [-0.4, -0.2) is 11.7 Å². The SMILES string of the molecule is CCC1(c2ccc(O)cc2)CCCCCN1. The average Bonchev–Trinajstić information content (AvgIpc) is 2.56. The molecule has 1 fully saturated rings. The van der Waals surface area contributed by atoms with Gasteiger partial charge in [-0.15, -0.1) is 0 Å². The Labute approximate surface area is 97.7 Å². The first kappa shape index (κ1) is 11.5. The smallest absolute Gasteiger partial charge is 0.115 e. The molecule has 1 aromatic rings. The van der Waals surface area contributed by atoms with Crippen molar-refractivity contribution >= 4 is 0 Å². The number of benzene rings is 1. The highest BCUT2D eigenvalue weighted by Gasteiger charge is 2.30. The molecule has 0 bridgehead atoms. The summed E-state index contributed by atoms with van der Waals surface area (Å²) in [6.45, 7) is 3.35. The quantitative estimate of drug-likeness (QED) is 0.800. The Kier molecular flexibility index (Phi) is 3.49. The Morgan fingerprint density at radius 1 is 1.19 bits per heavy atom. The van der Waals surface area contributed by atoms with Gasteiger partial charge in [0.1, 0.15) is 5.75 Å². The van der Waals surface area contributed by atoms with Gasteiger partial charge in [-0.25, -0.2) is 0 Å². The van der Waals surface area contributed by atoms with Crippen LogP contribution in [0.4, 0.5) is 0 Å². The second-order valence-electron chi connectivity index (χ2n) is 4.72. The van der Waals surface area contributed by atoms with E-state index in [0.29, 0.717) is 5.75 Å². The molecule has 1 aromatic carbocycles. The Balaban J connectivity index is 2.28. The summed E-state index contributed by atoms with van der Waals surface area (Å²) in [6, 6.07) is 7.69. The molecular formula is C14H21NO. The van der Waals surface area contributed by atoms with Crippen LogP contribution in [0.15, 0.2) is 24.3 Å². The van der Waals surface area contributed by atoms with E-state index in [1.807, 2.05) is 0 Å². The van der Waals surface area contributed by atoms with Gasteiger partial charge in [0.05, 0.1) is 0 Å². The van der Waals surface area contributed by atoms with Crippen LogP contribution >= 0.6 is 0 Å². The van der Waals surface area contributed by atoms with Crippen LogP contribution in [0.2, 0.25) is 0 Å². The van der Waals surface area contributed by atoms with Crippen molar-refractivity contribution in [1.82, 2.24) is 5.32 Å². The van der Waals surface area contributed by atoms with Crippen molar-refractivity contribution in [3.63, 3.8) is 0 Å². The average molecular weight is 219 g/mol. The highest BCUT2D eigenvalue weighted by Crippen LogP contribution is 2.33. The molecule has 0 aliphatic carbocycles. The summed E-state index contributed by atoms with van der Waals surface area (Å²) < 4.78 is 0. The Hall–Kier alpha value is -1.02. The third-order valence-electron chi connectivity index (χ3n) is 3.77. The lowest BCUT2D eigenvalue weighted by Crippen LogP contribution is -2.41. The van der Waals surface area contributed by atoms with Crippen LogP contribution in [-0.2, 0) is 5.54 Å². The van der Waals surface area contributed by atoms with Crippen molar-refractivity contribution in [2.45, 2.75) is 44.6 Å². The molecule has 2 rings (SSSR count). The lowest BCUT2D eigenvalue weighted by atomic mass is 9.83. The van der Waals surface area contributed by atoms with Crippen LogP contribution in [0.5, 0.6) is 5.75 Å². The molecule has 0 amide bonds. The number of phenolic OH excluding ortho intramolecular Hbond substituents is 1. The molecule has 2 heteroatoms. The van der Waals surface area contributed by atoms with E-state index < -0.39 is 0 Å². The van der Waals surface area contributed by atoms with Crippen molar-refractivity contribution in [2.24, 2.45) is 0 Å². The molecule has 1 atom stereocenters. The number of phenols is 1. The van der Waals surface area contributed by atoms with Crippen molar-refractivity contribution in [2.75, 3.05) is 6.54 Å². The van der Waals surface area contributed by atoms with E-state index in [2.05, 4.69) is 24.4 Å². The van der Waals surface area contributed by atoms with Gasteiger partial charge in [0, 0.05) is 5.54 Å². The maximum Gasteiger partial charge on any atom is 0.115 e. The third kappa shape index (κ3) is 2.22. The molecule has 0 radical (unpaired) electrons. The normalized spacial score (nSPS) is 26.3. The van der Waals surface area contributed by atoms with Crippen molar-refractivity contribution in [3.8, 4) is 5.75 Å². The van der Waals surface area contributed by atoms with Crippen LogP contribution in [0.25, 0.3) is 0 Å². The lowest BCUT2D eigenvalue weighted by Gasteiger charge is -2.33. The number of aromatic hydroxyl groups is 1. The van der Waals surface area contributed by atoms with E-state index in [9.17, 15) is 5.11 Å². The summed E-state index contributed by atoms with van der Waals surface area (Å²) in [5, 5.41) is 13.0. The van der Waals surface area contributed by atoms with Gasteiger partial charge in [-0.05, 0) is 43.5 Å². The van der Waals surface area contributed by atoms with Gasteiger partial charge in [-0.2, -0.15) is 0 Å². The summed E-state index contributed by atoms with van der Waals surface area (Å²) in [5.41, 5.74) is 1.44. The number of nitrogens with one attached hydrogen (secondary N) is 1. The molecule has 1 heterocycles. The minimum absolute atomic E-state index is 0.129. The summed E-state index contributed by atoms with van der Waals surface area (Å²) in [7, 11) is 0. The van der Waals surface area contributed by atoms with E-state index in [4.69, 9.17) is 0 Å². The fourth-order valence-corrected chi connectivity index (χ4v) is 2.68. The summed E-state index contributed by atoms with van der Waals surface area (Å²) in [5.74, 6) is 0.351. The molecule has 1 aliphatic rings. The molecule has 2 nitrogen and oxygen atoms in total. The topological polar surface area (TPSA) is 32.3 Å². The van der Waals surface area contributed by atoms with E-state index >= 15 is 0 Å². The Bertz CT molecular complexity index is 323. The minimum Gasteiger partial charge on any atom is -0.508 e. The second kappa shape index (κ2) is 4.88. The molecule has 1 saturated heterocycles. The van der Waals surface area contributed by atoms with E-state index in [1.54, 1.807) is 12.1 Å². The number of hydrogen-bond acceptors (Lipinski definition) is 2. The second-order valence-corrected chi connectivity index (χ2v) is 4.72. The zero-order valence-electron chi connectivity index (χ0n) is 10.00. The van der Waals surface area contributed by atoms with Crippen LogP contribution in [0, 0.1) is 0 Å². The first-order valence-corrected chi connectivity index (χ1v) is 6.31. The molecule has 88 valence electrons. The number of hydrogen-bond donors (Lipinski definition) is 2. The maximum absolute atomic E-state index is 9.35. The molecule has 0 aromatic heterocycles. The molecule has 0 saturated carbocycles. The lowest BCUT2D eigenvalue weighted by molar-refractivity contribution is 0.312. The fraction of sp³-hybridized carbons (Fsp3) is 0.571. The van der Waals surface area contributed by atoms with Crippen molar-refractivity contribution < 1.29 is 5.11 Å². The molecule has 2 N–H and O–H groups in total. The first-order valence-electron chi connectivity index (χ1n) is 6.31. The van der Waals surface area contributed by atoms with E-state index in [1.165, 1.54) is 31.2 Å². The van der Waals surface area contributed by atoms with Gasteiger partial charge in [0.15, 0.2) is 0 Å². The van der Waals surface area contributed by atoms with Crippen LogP contribution < -0.4 is 5.32 Å². The van der Waals surface area contributed by atoms with Gasteiger partial charge in [0.2, 0.25) is 0 Å². The standard InChI is InChI=1S/C14H21NO/c1-2-14(10-4-3-5-11-15-14)12-6-8-13(16)9-7-12/h6-9,15-16H,2-5,10-11H2,1H3. The Morgan fingerprint density at radius 3 is 2.62 bits per heavy atom. The predicted molar refractivity (Wildman–Crippen MR) is 66.5 cm³/mol. The minimum atomic E-state index is 0.129.